The number of benzene rings is 1. The summed E-state index contributed by atoms with van der Waals surface area (Å²) in [6.45, 7) is 1.70. The van der Waals surface area contributed by atoms with Gasteiger partial charge in [-0.1, -0.05) is 12.1 Å². The van der Waals surface area contributed by atoms with E-state index >= 15 is 0 Å². The Labute approximate surface area is 113 Å². The molecule has 1 aromatic rings. The van der Waals surface area contributed by atoms with Gasteiger partial charge >= 0.3 is 0 Å². The van der Waals surface area contributed by atoms with Gasteiger partial charge in [0.2, 0.25) is 5.91 Å². The number of sulfone groups is 1. The molecule has 0 aliphatic carbocycles. The lowest BCUT2D eigenvalue weighted by Crippen LogP contribution is -2.25. The zero-order valence-corrected chi connectivity index (χ0v) is 11.7. The van der Waals surface area contributed by atoms with Crippen molar-refractivity contribution < 1.29 is 13.2 Å². The van der Waals surface area contributed by atoms with Crippen molar-refractivity contribution in [1.82, 2.24) is 5.32 Å². The van der Waals surface area contributed by atoms with E-state index in [2.05, 4.69) is 10.6 Å². The normalized spacial score (nSPS) is 14.8. The minimum Gasteiger partial charge on any atom is -0.326 e. The van der Waals surface area contributed by atoms with E-state index in [0.717, 1.165) is 37.0 Å². The molecule has 104 valence electrons. The lowest BCUT2D eigenvalue weighted by atomic mass is 9.99. The second-order valence-electron chi connectivity index (χ2n) is 4.80. The smallest absolute Gasteiger partial charge is 0.225 e. The number of hydrogen-bond acceptors (Lipinski definition) is 4. The average Bonchev–Trinajstić information content (AvgIpc) is 2.36. The highest BCUT2D eigenvalue weighted by Crippen LogP contribution is 2.23. The standard InChI is InChI=1S/C13H18N2O3S/c1-19(17,18)8-6-13(16)15-12-4-2-3-10-9-14-7-5-11(10)12/h2-4,14H,5-9H2,1H3,(H,15,16). The quantitative estimate of drug-likeness (QED) is 0.852. The number of anilines is 1. The number of rotatable bonds is 4. The maximum absolute atomic E-state index is 11.8. The molecule has 1 aliphatic heterocycles. The Balaban J connectivity index is 2.05. The maximum atomic E-state index is 11.8. The fourth-order valence-electron chi connectivity index (χ4n) is 2.14. The molecule has 0 saturated carbocycles. The number of carbonyl (C=O) groups is 1. The summed E-state index contributed by atoms with van der Waals surface area (Å²) in [5.41, 5.74) is 3.14. The van der Waals surface area contributed by atoms with Gasteiger partial charge in [-0.3, -0.25) is 4.79 Å². The zero-order chi connectivity index (χ0) is 13.9. The first kappa shape index (κ1) is 14.0. The fraction of sp³-hybridized carbons (Fsp3) is 0.462. The molecule has 0 bridgehead atoms. The molecule has 0 aromatic heterocycles. The molecule has 6 heteroatoms. The van der Waals surface area contributed by atoms with E-state index in [1.807, 2.05) is 18.2 Å². The Kier molecular flexibility index (Phi) is 4.21. The minimum absolute atomic E-state index is 0.000745. The first-order chi connectivity index (χ1) is 8.96. The summed E-state index contributed by atoms with van der Waals surface area (Å²) in [5.74, 6) is -0.368. The number of fused-ring (bicyclic) bond motifs is 1. The van der Waals surface area contributed by atoms with Crippen LogP contribution in [0, 0.1) is 0 Å². The molecule has 2 N–H and O–H groups in total. The molecule has 1 aromatic carbocycles. The van der Waals surface area contributed by atoms with Gasteiger partial charge in [-0.25, -0.2) is 8.42 Å². The van der Waals surface area contributed by atoms with E-state index in [4.69, 9.17) is 0 Å². The van der Waals surface area contributed by atoms with Gasteiger partial charge in [0.15, 0.2) is 0 Å². The predicted octanol–water partition coefficient (Wildman–Crippen LogP) is 0.705. The van der Waals surface area contributed by atoms with Crippen LogP contribution in [-0.2, 0) is 27.6 Å². The van der Waals surface area contributed by atoms with Gasteiger partial charge in [0.05, 0.1) is 5.75 Å². The van der Waals surface area contributed by atoms with Gasteiger partial charge < -0.3 is 10.6 Å². The van der Waals surface area contributed by atoms with Crippen LogP contribution in [0.2, 0.25) is 0 Å². The highest BCUT2D eigenvalue weighted by molar-refractivity contribution is 7.90. The Morgan fingerprint density at radius 2 is 2.21 bits per heavy atom. The van der Waals surface area contributed by atoms with Gasteiger partial charge in [0.1, 0.15) is 9.84 Å². The average molecular weight is 282 g/mol. The second kappa shape index (κ2) is 5.71. The summed E-state index contributed by atoms with van der Waals surface area (Å²) in [6, 6.07) is 5.80. The molecule has 0 fully saturated rings. The number of carbonyl (C=O) groups excluding carboxylic acids is 1. The molecule has 0 saturated heterocycles. The van der Waals surface area contributed by atoms with Crippen LogP contribution in [0.25, 0.3) is 0 Å². The summed E-state index contributed by atoms with van der Waals surface area (Å²) < 4.78 is 22.1. The SMILES string of the molecule is CS(=O)(=O)CCC(=O)Nc1cccc2c1CCNC2. The molecular formula is C13H18N2O3S. The predicted molar refractivity (Wildman–Crippen MR) is 74.8 cm³/mol. The molecule has 1 aliphatic rings. The number of nitrogens with one attached hydrogen (secondary N) is 2. The third-order valence-electron chi connectivity index (χ3n) is 3.11. The van der Waals surface area contributed by atoms with Crippen molar-refractivity contribution in [3.05, 3.63) is 29.3 Å². The molecular weight excluding hydrogens is 264 g/mol. The van der Waals surface area contributed by atoms with E-state index in [-0.39, 0.29) is 18.1 Å². The fourth-order valence-corrected chi connectivity index (χ4v) is 2.70. The monoisotopic (exact) mass is 282 g/mol. The topological polar surface area (TPSA) is 75.3 Å². The molecule has 2 rings (SSSR count). The van der Waals surface area contributed by atoms with Crippen molar-refractivity contribution >= 4 is 21.4 Å². The van der Waals surface area contributed by atoms with Crippen LogP contribution < -0.4 is 10.6 Å². The van der Waals surface area contributed by atoms with E-state index in [1.165, 1.54) is 5.56 Å². The van der Waals surface area contributed by atoms with Crippen LogP contribution in [-0.4, -0.2) is 32.9 Å². The molecule has 0 unspecified atom stereocenters. The maximum Gasteiger partial charge on any atom is 0.225 e. The molecule has 19 heavy (non-hydrogen) atoms. The van der Waals surface area contributed by atoms with E-state index in [0.29, 0.717) is 0 Å². The first-order valence-corrected chi connectivity index (χ1v) is 8.31. The second-order valence-corrected chi connectivity index (χ2v) is 7.06. The lowest BCUT2D eigenvalue weighted by Gasteiger charge is -2.20. The summed E-state index contributed by atoms with van der Waals surface area (Å²) in [4.78, 5) is 11.8. The Hall–Kier alpha value is -1.40. The lowest BCUT2D eigenvalue weighted by molar-refractivity contribution is -0.115. The molecule has 5 nitrogen and oxygen atoms in total. The summed E-state index contributed by atoms with van der Waals surface area (Å²) in [5, 5.41) is 6.09. The van der Waals surface area contributed by atoms with Crippen LogP contribution >= 0.6 is 0 Å². The highest BCUT2D eigenvalue weighted by atomic mass is 32.2. The van der Waals surface area contributed by atoms with Gasteiger partial charge in [-0.2, -0.15) is 0 Å². The van der Waals surface area contributed by atoms with Crippen molar-refractivity contribution in [2.45, 2.75) is 19.4 Å². The van der Waals surface area contributed by atoms with Crippen LogP contribution in [0.3, 0.4) is 0 Å². The van der Waals surface area contributed by atoms with Crippen LogP contribution in [0.4, 0.5) is 5.69 Å². The summed E-state index contributed by atoms with van der Waals surface area (Å²) in [6.07, 6.45) is 2.01. The Bertz CT molecular complexity index is 582. The van der Waals surface area contributed by atoms with Crippen LogP contribution in [0.1, 0.15) is 17.5 Å². The third-order valence-corrected chi connectivity index (χ3v) is 4.06. The van der Waals surface area contributed by atoms with Gasteiger partial charge in [0.25, 0.3) is 0 Å². The summed E-state index contributed by atoms with van der Waals surface area (Å²) in [7, 11) is -3.10. The van der Waals surface area contributed by atoms with Gasteiger partial charge in [-0.05, 0) is 30.2 Å². The van der Waals surface area contributed by atoms with E-state index < -0.39 is 9.84 Å². The highest BCUT2D eigenvalue weighted by Gasteiger charge is 2.14. The molecule has 0 radical (unpaired) electrons. The van der Waals surface area contributed by atoms with Gasteiger partial charge in [0, 0.05) is 24.9 Å². The van der Waals surface area contributed by atoms with E-state index in [1.54, 1.807) is 0 Å². The molecule has 0 spiro atoms. The van der Waals surface area contributed by atoms with Gasteiger partial charge in [-0.15, -0.1) is 0 Å². The first-order valence-electron chi connectivity index (χ1n) is 6.25. The molecule has 1 heterocycles. The number of amides is 1. The van der Waals surface area contributed by atoms with E-state index in [9.17, 15) is 13.2 Å². The Morgan fingerprint density at radius 1 is 1.42 bits per heavy atom. The van der Waals surface area contributed by atoms with Crippen molar-refractivity contribution in [2.75, 3.05) is 23.9 Å². The van der Waals surface area contributed by atoms with Crippen molar-refractivity contribution in [1.29, 1.82) is 0 Å². The minimum atomic E-state index is -3.10. The van der Waals surface area contributed by atoms with Crippen molar-refractivity contribution in [3.8, 4) is 0 Å². The molecule has 1 amide bonds. The molecule has 0 atom stereocenters. The largest absolute Gasteiger partial charge is 0.326 e. The Morgan fingerprint density at radius 3 is 2.95 bits per heavy atom. The van der Waals surface area contributed by atoms with Crippen LogP contribution in [0.15, 0.2) is 18.2 Å². The third kappa shape index (κ3) is 4.04. The zero-order valence-electron chi connectivity index (χ0n) is 10.9. The van der Waals surface area contributed by atoms with Crippen molar-refractivity contribution in [3.63, 3.8) is 0 Å². The van der Waals surface area contributed by atoms with Crippen LogP contribution in [0.5, 0.6) is 0 Å². The van der Waals surface area contributed by atoms with Crippen molar-refractivity contribution in [2.24, 2.45) is 0 Å². The number of hydrogen-bond donors (Lipinski definition) is 2. The summed E-state index contributed by atoms with van der Waals surface area (Å²) >= 11 is 0.